The SMILES string of the molecule is CCOC(=O)Cc1ccc(F)c([N+](=O)[O-])c1F. The molecule has 0 saturated carbocycles. The Labute approximate surface area is 95.2 Å². The smallest absolute Gasteiger partial charge is 0.340 e. The largest absolute Gasteiger partial charge is 0.466 e. The summed E-state index contributed by atoms with van der Waals surface area (Å²) in [4.78, 5) is 20.3. The number of hydrogen-bond acceptors (Lipinski definition) is 4. The van der Waals surface area contributed by atoms with Crippen molar-refractivity contribution in [3.8, 4) is 0 Å². The van der Waals surface area contributed by atoms with Crippen LogP contribution in [0.1, 0.15) is 12.5 Å². The number of nitro groups is 1. The zero-order valence-electron chi connectivity index (χ0n) is 8.91. The van der Waals surface area contributed by atoms with Crippen molar-refractivity contribution in [2.75, 3.05) is 6.61 Å². The number of nitrogens with zero attached hydrogens (tertiary/aromatic N) is 1. The van der Waals surface area contributed by atoms with Gasteiger partial charge in [-0.2, -0.15) is 8.78 Å². The maximum atomic E-state index is 13.5. The lowest BCUT2D eigenvalue weighted by Crippen LogP contribution is -2.10. The van der Waals surface area contributed by atoms with Gasteiger partial charge in [0.25, 0.3) is 0 Å². The van der Waals surface area contributed by atoms with Gasteiger partial charge in [-0.1, -0.05) is 6.07 Å². The average Bonchev–Trinajstić information content (AvgIpc) is 2.22. The van der Waals surface area contributed by atoms with Gasteiger partial charge < -0.3 is 4.74 Å². The molecular weight excluding hydrogens is 236 g/mol. The number of carbonyl (C=O) groups is 1. The Bertz CT molecular complexity index is 462. The number of rotatable bonds is 4. The minimum Gasteiger partial charge on any atom is -0.466 e. The van der Waals surface area contributed by atoms with E-state index >= 15 is 0 Å². The van der Waals surface area contributed by atoms with Gasteiger partial charge in [0, 0.05) is 5.56 Å². The summed E-state index contributed by atoms with van der Waals surface area (Å²) < 4.78 is 31.0. The van der Waals surface area contributed by atoms with Crippen LogP contribution in [-0.4, -0.2) is 17.5 Å². The number of halogens is 2. The van der Waals surface area contributed by atoms with Crippen LogP contribution in [-0.2, 0) is 16.0 Å². The van der Waals surface area contributed by atoms with Gasteiger partial charge in [-0.25, -0.2) is 0 Å². The van der Waals surface area contributed by atoms with Crippen molar-refractivity contribution in [1.82, 2.24) is 0 Å². The Morgan fingerprint density at radius 1 is 1.47 bits per heavy atom. The molecule has 0 saturated heterocycles. The number of nitro benzene ring substituents is 1. The Hall–Kier alpha value is -2.05. The molecule has 17 heavy (non-hydrogen) atoms. The second-order valence-electron chi connectivity index (χ2n) is 3.11. The maximum absolute atomic E-state index is 13.5. The predicted octanol–water partition coefficient (Wildman–Crippen LogP) is 1.98. The summed E-state index contributed by atoms with van der Waals surface area (Å²) in [7, 11) is 0. The summed E-state index contributed by atoms with van der Waals surface area (Å²) in [6.45, 7) is 1.69. The van der Waals surface area contributed by atoms with Gasteiger partial charge in [-0.05, 0) is 13.0 Å². The molecule has 0 radical (unpaired) electrons. The lowest BCUT2D eigenvalue weighted by atomic mass is 10.1. The Balaban J connectivity index is 3.07. The minimum absolute atomic E-state index is 0.115. The highest BCUT2D eigenvalue weighted by Gasteiger charge is 2.24. The summed E-state index contributed by atoms with van der Waals surface area (Å²) in [5.74, 6) is -3.35. The predicted molar refractivity (Wildman–Crippen MR) is 53.3 cm³/mol. The van der Waals surface area contributed by atoms with E-state index in [1.807, 2.05) is 0 Å². The molecule has 0 aliphatic heterocycles. The number of benzene rings is 1. The normalized spacial score (nSPS) is 10.1. The zero-order valence-corrected chi connectivity index (χ0v) is 8.91. The van der Waals surface area contributed by atoms with Gasteiger partial charge >= 0.3 is 11.7 Å². The summed E-state index contributed by atoms with van der Waals surface area (Å²) in [5, 5.41) is 10.4. The molecule has 92 valence electrons. The van der Waals surface area contributed by atoms with Crippen LogP contribution in [0, 0.1) is 21.7 Å². The zero-order chi connectivity index (χ0) is 13.0. The quantitative estimate of drug-likeness (QED) is 0.462. The Morgan fingerprint density at radius 3 is 2.65 bits per heavy atom. The highest BCUT2D eigenvalue weighted by Crippen LogP contribution is 2.24. The van der Waals surface area contributed by atoms with E-state index in [-0.39, 0.29) is 12.2 Å². The number of esters is 1. The van der Waals surface area contributed by atoms with Gasteiger partial charge in [0.05, 0.1) is 18.0 Å². The standard InChI is InChI=1S/C10H9F2NO4/c1-2-17-8(14)5-6-3-4-7(11)10(9(6)12)13(15)16/h3-4H,2,5H2,1H3. The molecule has 0 heterocycles. The van der Waals surface area contributed by atoms with Crippen molar-refractivity contribution in [2.24, 2.45) is 0 Å². The topological polar surface area (TPSA) is 69.4 Å². The van der Waals surface area contributed by atoms with Gasteiger partial charge in [-0.3, -0.25) is 14.9 Å². The molecule has 0 N–H and O–H groups in total. The van der Waals surface area contributed by atoms with Gasteiger partial charge in [0.2, 0.25) is 11.6 Å². The van der Waals surface area contributed by atoms with E-state index in [1.165, 1.54) is 0 Å². The van der Waals surface area contributed by atoms with Crippen molar-refractivity contribution in [2.45, 2.75) is 13.3 Å². The molecule has 1 aromatic rings. The van der Waals surface area contributed by atoms with Crippen molar-refractivity contribution in [1.29, 1.82) is 0 Å². The lowest BCUT2D eigenvalue weighted by Gasteiger charge is -2.04. The van der Waals surface area contributed by atoms with Crippen LogP contribution in [0.15, 0.2) is 12.1 Å². The molecule has 0 unspecified atom stereocenters. The van der Waals surface area contributed by atoms with E-state index in [0.29, 0.717) is 0 Å². The molecule has 0 aromatic heterocycles. The van der Waals surface area contributed by atoms with E-state index in [9.17, 15) is 23.7 Å². The summed E-state index contributed by atoms with van der Waals surface area (Å²) >= 11 is 0. The molecule has 7 heteroatoms. The molecule has 0 aliphatic rings. The van der Waals surface area contributed by atoms with Crippen molar-refractivity contribution in [3.63, 3.8) is 0 Å². The number of hydrogen-bond donors (Lipinski definition) is 0. The number of ether oxygens (including phenoxy) is 1. The Kier molecular flexibility index (Phi) is 4.08. The van der Waals surface area contributed by atoms with E-state index in [1.54, 1.807) is 6.92 Å². The molecule has 5 nitrogen and oxygen atoms in total. The third kappa shape index (κ3) is 2.96. The summed E-state index contributed by atoms with van der Waals surface area (Å²) in [6, 6.07) is 1.73. The van der Waals surface area contributed by atoms with E-state index in [4.69, 9.17) is 0 Å². The average molecular weight is 245 g/mol. The third-order valence-corrected chi connectivity index (χ3v) is 1.97. The van der Waals surface area contributed by atoms with Crippen LogP contribution in [0.4, 0.5) is 14.5 Å². The van der Waals surface area contributed by atoms with E-state index in [2.05, 4.69) is 4.74 Å². The highest BCUT2D eigenvalue weighted by atomic mass is 19.1. The lowest BCUT2D eigenvalue weighted by molar-refractivity contribution is -0.390. The van der Waals surface area contributed by atoms with Gasteiger partial charge in [-0.15, -0.1) is 0 Å². The second-order valence-corrected chi connectivity index (χ2v) is 3.11. The molecule has 0 fully saturated rings. The van der Waals surface area contributed by atoms with Crippen LogP contribution < -0.4 is 0 Å². The van der Waals surface area contributed by atoms with Crippen LogP contribution in [0.25, 0.3) is 0 Å². The molecular formula is C10H9F2NO4. The fraction of sp³-hybridized carbons (Fsp3) is 0.300. The molecule has 1 rings (SSSR count). The highest BCUT2D eigenvalue weighted by molar-refractivity contribution is 5.73. The van der Waals surface area contributed by atoms with Crippen LogP contribution >= 0.6 is 0 Å². The third-order valence-electron chi connectivity index (χ3n) is 1.97. The first-order chi connectivity index (χ1) is 7.97. The van der Waals surface area contributed by atoms with Crippen LogP contribution in [0.5, 0.6) is 0 Å². The fourth-order valence-corrected chi connectivity index (χ4v) is 1.25. The van der Waals surface area contributed by atoms with Gasteiger partial charge in [0.1, 0.15) is 0 Å². The maximum Gasteiger partial charge on any atom is 0.340 e. The summed E-state index contributed by atoms with van der Waals surface area (Å²) in [5.41, 5.74) is -1.52. The molecule has 0 bridgehead atoms. The first-order valence-corrected chi connectivity index (χ1v) is 4.74. The molecule has 0 amide bonds. The minimum atomic E-state index is -1.34. The molecule has 0 spiro atoms. The molecule has 0 atom stereocenters. The van der Waals surface area contributed by atoms with Crippen LogP contribution in [0.3, 0.4) is 0 Å². The number of carbonyl (C=O) groups excluding carboxylic acids is 1. The Morgan fingerprint density at radius 2 is 2.12 bits per heavy atom. The first kappa shape index (κ1) is 13.0. The first-order valence-electron chi connectivity index (χ1n) is 4.74. The summed E-state index contributed by atoms with van der Waals surface area (Å²) in [6.07, 6.45) is -0.471. The molecule has 1 aromatic carbocycles. The monoisotopic (exact) mass is 245 g/mol. The van der Waals surface area contributed by atoms with E-state index in [0.717, 1.165) is 12.1 Å². The van der Waals surface area contributed by atoms with Gasteiger partial charge in [0.15, 0.2) is 0 Å². The molecule has 0 aliphatic carbocycles. The second kappa shape index (κ2) is 5.33. The van der Waals surface area contributed by atoms with Crippen LogP contribution in [0.2, 0.25) is 0 Å². The van der Waals surface area contributed by atoms with Crippen molar-refractivity contribution in [3.05, 3.63) is 39.4 Å². The van der Waals surface area contributed by atoms with Crippen molar-refractivity contribution < 1.29 is 23.2 Å². The fourth-order valence-electron chi connectivity index (χ4n) is 1.25. The van der Waals surface area contributed by atoms with E-state index < -0.39 is 34.6 Å². The van der Waals surface area contributed by atoms with Crippen molar-refractivity contribution >= 4 is 11.7 Å².